The van der Waals surface area contributed by atoms with Gasteiger partial charge in [0.25, 0.3) is 0 Å². The minimum Gasteiger partial charge on any atom is -0.391 e. The Bertz CT molecular complexity index is 4380. The number of benzene rings is 3. The molecule has 27 heteroatoms. The van der Waals surface area contributed by atoms with Crippen LogP contribution in [0.4, 0.5) is 0 Å². The number of aliphatic hydroxyl groups is 1. The number of rotatable bonds is 27. The lowest BCUT2D eigenvalue weighted by molar-refractivity contribution is -0.140. The van der Waals surface area contributed by atoms with Crippen LogP contribution in [-0.2, 0) is 71.1 Å². The van der Waals surface area contributed by atoms with Gasteiger partial charge >= 0.3 is 0 Å². The summed E-state index contributed by atoms with van der Waals surface area (Å²) in [5.74, 6) is -4.22. The fourth-order valence-electron chi connectivity index (χ4n) is 13.9. The summed E-state index contributed by atoms with van der Waals surface area (Å²) in [5, 5.41) is 20.7. The number of imidazole rings is 1. The van der Waals surface area contributed by atoms with E-state index in [0.717, 1.165) is 70.0 Å². The van der Waals surface area contributed by atoms with Crippen molar-refractivity contribution in [3.63, 3.8) is 0 Å². The van der Waals surface area contributed by atoms with E-state index in [1.54, 1.807) is 74.8 Å². The largest absolute Gasteiger partial charge is 0.391 e. The van der Waals surface area contributed by atoms with Crippen molar-refractivity contribution < 1.29 is 43.3 Å². The third-order valence-corrected chi connectivity index (χ3v) is 23.3. The van der Waals surface area contributed by atoms with Gasteiger partial charge in [-0.3, -0.25) is 38.7 Å². The highest BCUT2D eigenvalue weighted by Gasteiger charge is 2.47. The fourth-order valence-corrected chi connectivity index (χ4v) is 17.4. The average molecular weight is 1460 g/mol. The minimum atomic E-state index is -0.907. The number of aromatic nitrogens is 8. The summed E-state index contributed by atoms with van der Waals surface area (Å²) < 4.78 is 13.2. The number of amides is 6. The molecule has 9 aromatic rings. The molecule has 9 heterocycles. The molecular weight excluding hydrogens is 1370 g/mol. The molecule has 5 N–H and O–H groups in total. The van der Waals surface area contributed by atoms with Crippen LogP contribution in [0.5, 0.6) is 0 Å². The SMILES string of the molecule is Cc1ncsc1-c1ccc(CNC(=O)[C@@H]2C[C@@H](OCc3ncc([C@H](C(=O)N4C[C@H](OCc5cnc([C@H](C(=O)N6C[C@H](O)C[C@H]6C(=O)NCc6ccc(-c7scnc7C)cc6)C(C)C)s5)C[C@H]4C(=O)NCc4ccc(-c5scnc5C)cc4)C(C)C)[nH]3)CN2C(=O)[C@@H](c2cnccn2)C(C)C)cc1. The second kappa shape index (κ2) is 32.7. The number of aryl methyl sites for hydroxylation is 3. The number of carbonyl (C=O) groups is 6. The lowest BCUT2D eigenvalue weighted by atomic mass is 9.91. The molecule has 102 heavy (non-hydrogen) atoms. The van der Waals surface area contributed by atoms with Crippen molar-refractivity contribution in [2.45, 2.75) is 169 Å². The van der Waals surface area contributed by atoms with Gasteiger partial charge in [0.2, 0.25) is 35.4 Å². The van der Waals surface area contributed by atoms with E-state index in [2.05, 4.69) is 45.9 Å². The number of carbonyl (C=O) groups excluding carboxylic acids is 6. The molecule has 0 aliphatic carbocycles. The summed E-state index contributed by atoms with van der Waals surface area (Å²) in [4.78, 5) is 131. The molecule has 3 saturated heterocycles. The molecule has 9 atom stereocenters. The number of β-amino-alcohol motifs (C(OH)–C–C–N with tert-alkyl or cyclic N) is 1. The first kappa shape index (κ1) is 72.9. The number of hydrogen-bond acceptors (Lipinski definition) is 20. The molecule has 0 radical (unpaired) electrons. The van der Waals surface area contributed by atoms with E-state index in [4.69, 9.17) is 19.4 Å². The van der Waals surface area contributed by atoms with Crippen LogP contribution in [0.1, 0.15) is 139 Å². The van der Waals surface area contributed by atoms with Gasteiger partial charge in [0.1, 0.15) is 35.6 Å². The number of thiazole rings is 4. The quantitative estimate of drug-likeness (QED) is 0.0320. The van der Waals surface area contributed by atoms with Crippen LogP contribution in [0.2, 0.25) is 0 Å². The van der Waals surface area contributed by atoms with Gasteiger partial charge in [0.05, 0.1) is 101 Å². The number of nitrogens with zero attached hydrogens (tertiary/aromatic N) is 10. The van der Waals surface area contributed by atoms with Gasteiger partial charge in [-0.1, -0.05) is 114 Å². The average Bonchev–Trinajstić information content (AvgIpc) is 1.64. The smallest absolute Gasteiger partial charge is 0.243 e. The van der Waals surface area contributed by atoms with E-state index < -0.39 is 54.2 Å². The maximum Gasteiger partial charge on any atom is 0.243 e. The normalized spacial score (nSPS) is 19.2. The number of aromatic amines is 1. The first-order valence-corrected chi connectivity index (χ1v) is 38.0. The molecule has 0 unspecified atom stereocenters. The van der Waals surface area contributed by atoms with Gasteiger partial charge < -0.3 is 50.2 Å². The number of aliphatic hydroxyl groups excluding tert-OH is 1. The van der Waals surface area contributed by atoms with E-state index in [1.807, 2.05) is 152 Å². The maximum atomic E-state index is 15.4. The summed E-state index contributed by atoms with van der Waals surface area (Å²) in [5.41, 5.74) is 15.1. The van der Waals surface area contributed by atoms with Crippen LogP contribution in [0, 0.1) is 38.5 Å². The van der Waals surface area contributed by atoms with Crippen LogP contribution in [0.3, 0.4) is 0 Å². The van der Waals surface area contributed by atoms with Gasteiger partial charge in [-0.15, -0.1) is 45.3 Å². The van der Waals surface area contributed by atoms with Gasteiger partial charge in [-0.05, 0) is 71.9 Å². The Morgan fingerprint density at radius 3 is 1.37 bits per heavy atom. The minimum absolute atomic E-state index is 0.00929. The van der Waals surface area contributed by atoms with E-state index >= 15 is 4.79 Å². The Hall–Kier alpha value is -8.83. The maximum absolute atomic E-state index is 15.4. The van der Waals surface area contributed by atoms with Crippen molar-refractivity contribution in [1.82, 2.24) is 70.5 Å². The highest BCUT2D eigenvalue weighted by atomic mass is 32.1. The Balaban J connectivity index is 0.715. The molecule has 6 aromatic heterocycles. The Kier molecular flexibility index (Phi) is 23.4. The van der Waals surface area contributed by atoms with Crippen molar-refractivity contribution in [2.24, 2.45) is 17.8 Å². The third kappa shape index (κ3) is 16.8. The fraction of sp³-hybridized carbons (Fsp3) is 0.427. The summed E-state index contributed by atoms with van der Waals surface area (Å²) in [6.07, 6.45) is 6.52. The molecule has 3 aromatic carbocycles. The van der Waals surface area contributed by atoms with Crippen molar-refractivity contribution >= 4 is 80.8 Å². The van der Waals surface area contributed by atoms with Gasteiger partial charge in [-0.25, -0.2) is 24.9 Å². The molecule has 23 nitrogen and oxygen atoms in total. The highest BCUT2D eigenvalue weighted by molar-refractivity contribution is 7.14. The zero-order valence-corrected chi connectivity index (χ0v) is 61.8. The molecular formula is C75H86N14O9S4. The molecule has 534 valence electrons. The van der Waals surface area contributed by atoms with E-state index in [9.17, 15) is 29.1 Å². The molecule has 3 fully saturated rings. The Labute approximate surface area is 609 Å². The van der Waals surface area contributed by atoms with E-state index in [0.29, 0.717) is 22.2 Å². The second-order valence-electron chi connectivity index (χ2n) is 27.5. The molecule has 3 aliphatic heterocycles. The molecule has 6 amide bonds. The summed E-state index contributed by atoms with van der Waals surface area (Å²) in [6, 6.07) is 21.2. The van der Waals surface area contributed by atoms with Crippen LogP contribution in [0.25, 0.3) is 31.3 Å². The highest BCUT2D eigenvalue weighted by Crippen LogP contribution is 2.38. The Morgan fingerprint density at radius 2 is 0.941 bits per heavy atom. The zero-order valence-electron chi connectivity index (χ0n) is 58.6. The van der Waals surface area contributed by atoms with Crippen molar-refractivity contribution in [3.8, 4) is 31.3 Å². The standard InChI is InChI=1S/C75H86N14O9S4/c1-41(2)63(57-31-76-22-23-77-57)73(94)88-35-55(26-61(88)71(93)81-29-49-14-20-52(21-15-49)68-46(9)85-40-101-68)98-37-62-78-32-58(86-62)64(42(3)4)74(95)89-34-54(25-60(89)70(92)80-28-48-12-18-51(19-13-48)67-45(8)84-39-100-67)97-36-56-30-82-72(102-56)65(43(5)6)75(96)87-33-53(90)24-59(87)69(91)79-27-47-10-16-50(17-11-47)66-44(7)83-38-99-66/h10-23,30-32,38-43,53-55,59-61,63-65,90H,24-29,33-37H2,1-9H3,(H,78,86)(H,79,91)(H,80,92)(H,81,93)/t53-,54-,55-,59+,60+,61+,63-,64-,65-/m1/s1. The number of ether oxygens (including phenoxy) is 2. The number of likely N-dealkylation sites (tertiary alicyclic amines) is 3. The van der Waals surface area contributed by atoms with Crippen LogP contribution >= 0.6 is 45.3 Å². The van der Waals surface area contributed by atoms with Crippen molar-refractivity contribution in [2.75, 3.05) is 19.6 Å². The predicted octanol–water partition coefficient (Wildman–Crippen LogP) is 10.5. The number of hydrogen-bond donors (Lipinski definition) is 5. The Morgan fingerprint density at radius 1 is 0.510 bits per heavy atom. The van der Waals surface area contributed by atoms with Crippen LogP contribution < -0.4 is 16.0 Å². The molecule has 3 aliphatic rings. The molecule has 0 saturated carbocycles. The summed E-state index contributed by atoms with van der Waals surface area (Å²) in [7, 11) is 0. The molecule has 0 spiro atoms. The van der Waals surface area contributed by atoms with E-state index in [-0.39, 0.29) is 125 Å². The van der Waals surface area contributed by atoms with Crippen molar-refractivity contribution in [1.29, 1.82) is 0 Å². The van der Waals surface area contributed by atoms with Gasteiger partial charge in [0, 0.05) is 95.2 Å². The summed E-state index contributed by atoms with van der Waals surface area (Å²) >= 11 is 6.04. The predicted molar refractivity (Wildman–Crippen MR) is 391 cm³/mol. The van der Waals surface area contributed by atoms with Crippen LogP contribution in [0.15, 0.2) is 120 Å². The third-order valence-electron chi connectivity index (χ3n) is 19.3. The van der Waals surface area contributed by atoms with Crippen molar-refractivity contribution in [3.05, 3.63) is 181 Å². The molecule has 0 bridgehead atoms. The molecule has 12 rings (SSSR count). The number of H-pyrrole nitrogens is 1. The van der Waals surface area contributed by atoms with E-state index in [1.165, 1.54) is 16.2 Å². The van der Waals surface area contributed by atoms with Gasteiger partial charge in [-0.2, -0.15) is 0 Å². The lowest BCUT2D eigenvalue weighted by Crippen LogP contribution is -2.48. The number of nitrogens with one attached hydrogen (secondary N) is 4. The zero-order chi connectivity index (χ0) is 71.9. The monoisotopic (exact) mass is 1450 g/mol. The second-order valence-corrected chi connectivity index (χ2v) is 31.2. The van der Waals surface area contributed by atoms with Gasteiger partial charge in [0.15, 0.2) is 0 Å². The topological polar surface area (TPSA) is 293 Å². The van der Waals surface area contributed by atoms with Crippen LogP contribution in [-0.4, -0.2) is 151 Å². The summed E-state index contributed by atoms with van der Waals surface area (Å²) in [6.45, 7) is 18.6. The first-order chi connectivity index (χ1) is 49.2. The lowest BCUT2D eigenvalue weighted by Gasteiger charge is -2.29. The first-order valence-electron chi connectivity index (χ1n) is 34.5.